The fraction of sp³-hybridized carbons (Fsp3) is 0.400. The van der Waals surface area contributed by atoms with Gasteiger partial charge in [-0.2, -0.15) is 18.0 Å². The summed E-state index contributed by atoms with van der Waals surface area (Å²) in [6.45, 7) is 1.99. The van der Waals surface area contributed by atoms with Crippen molar-refractivity contribution in [2.24, 2.45) is 0 Å². The van der Waals surface area contributed by atoms with Gasteiger partial charge in [0.25, 0.3) is 0 Å². The molecule has 21 heavy (non-hydrogen) atoms. The van der Waals surface area contributed by atoms with Crippen LogP contribution in [0.2, 0.25) is 0 Å². The van der Waals surface area contributed by atoms with Crippen molar-refractivity contribution in [1.82, 2.24) is 4.65 Å². The first-order valence-electron chi connectivity index (χ1n) is 6.42. The molecule has 115 valence electrons. The van der Waals surface area contributed by atoms with Gasteiger partial charge in [0.15, 0.2) is 5.69 Å². The molecule has 1 aromatic rings. The summed E-state index contributed by atoms with van der Waals surface area (Å²) < 4.78 is 44.9. The molecule has 1 unspecified atom stereocenters. The molecular weight excluding hydrogens is 283 g/mol. The summed E-state index contributed by atoms with van der Waals surface area (Å²) in [7, 11) is 4.51. The van der Waals surface area contributed by atoms with Crippen LogP contribution in [-0.4, -0.2) is 21.3 Å². The van der Waals surface area contributed by atoms with Crippen LogP contribution in [0.3, 0.4) is 0 Å². The number of hydrogen-bond acceptors (Lipinski definition) is 2. The Morgan fingerprint density at radius 1 is 1.19 bits per heavy atom. The zero-order chi connectivity index (χ0) is 15.8. The fourth-order valence-electron chi connectivity index (χ4n) is 2.56. The maximum Gasteiger partial charge on any atom is 0.422 e. The maximum atomic E-state index is 13.4. The summed E-state index contributed by atoms with van der Waals surface area (Å²) in [4.78, 5) is 5.39. The molecule has 1 heterocycles. The average Bonchev–Trinajstić information content (AvgIpc) is 2.42. The predicted molar refractivity (Wildman–Crippen MR) is 74.0 cm³/mol. The number of nitrogens with zero attached hydrogens (tertiary/aromatic N) is 1. The Kier molecular flexibility index (Phi) is 4.15. The molecule has 0 fully saturated rings. The van der Waals surface area contributed by atoms with Gasteiger partial charge in [-0.15, -0.1) is 4.65 Å². The van der Waals surface area contributed by atoms with E-state index in [-0.39, 0.29) is 16.9 Å². The first-order valence-corrected chi connectivity index (χ1v) is 6.42. The molecule has 0 spiro atoms. The van der Waals surface area contributed by atoms with Crippen LogP contribution in [0.5, 0.6) is 0 Å². The number of ether oxygens (including phenoxy) is 1. The molecule has 1 aromatic carbocycles. The van der Waals surface area contributed by atoms with E-state index >= 15 is 0 Å². The van der Waals surface area contributed by atoms with E-state index in [1.54, 1.807) is 26.5 Å². The Balaban J connectivity index is 2.77. The third kappa shape index (κ3) is 2.59. The van der Waals surface area contributed by atoms with Crippen molar-refractivity contribution in [3.05, 3.63) is 47.0 Å². The zero-order valence-electron chi connectivity index (χ0n) is 12.4. The van der Waals surface area contributed by atoms with Crippen LogP contribution in [-0.2, 0) is 22.4 Å². The van der Waals surface area contributed by atoms with Gasteiger partial charge >= 0.3 is 6.18 Å². The Bertz CT molecular complexity index is 581. The topological polar surface area (TPSA) is 18.5 Å². The molecular formula is C15H18F3NO2+. The summed E-state index contributed by atoms with van der Waals surface area (Å²) in [5.41, 5.74) is 1.28. The molecule has 6 heteroatoms. The van der Waals surface area contributed by atoms with E-state index in [0.29, 0.717) is 16.8 Å². The van der Waals surface area contributed by atoms with Gasteiger partial charge in [-0.3, -0.25) is 0 Å². The minimum Gasteiger partial charge on any atom is -0.380 e. The Hall–Kier alpha value is -1.37. The molecule has 0 saturated carbocycles. The van der Waals surface area contributed by atoms with Crippen molar-refractivity contribution in [2.45, 2.75) is 19.7 Å². The quantitative estimate of drug-likeness (QED) is 0.790. The summed E-state index contributed by atoms with van der Waals surface area (Å²) >= 11 is 0. The standard InChI is InChI=1S/C15H18F3NO2/c1-10-5-7-12-11(9-20-3)6-8-13(15(16,17)18)14(12)19(10,2)21-4/h5-8H,9H2,1-4H3/q+1. The van der Waals surface area contributed by atoms with Gasteiger partial charge in [-0.25, -0.2) is 0 Å². The van der Waals surface area contributed by atoms with Crippen LogP contribution in [0.15, 0.2) is 23.9 Å². The van der Waals surface area contributed by atoms with Crippen LogP contribution in [0, 0.1) is 6.42 Å². The Morgan fingerprint density at radius 3 is 2.38 bits per heavy atom. The van der Waals surface area contributed by atoms with Gasteiger partial charge in [0.05, 0.1) is 13.7 Å². The average molecular weight is 301 g/mol. The third-order valence-corrected chi connectivity index (χ3v) is 3.87. The van der Waals surface area contributed by atoms with E-state index in [2.05, 4.69) is 0 Å². The Labute approximate surface area is 122 Å². The van der Waals surface area contributed by atoms with Crippen LogP contribution < -0.4 is 4.65 Å². The highest BCUT2D eigenvalue weighted by Crippen LogP contribution is 2.46. The number of hydrogen-bond donors (Lipinski definition) is 0. The second kappa shape index (κ2) is 5.44. The predicted octanol–water partition coefficient (Wildman–Crippen LogP) is 3.82. The molecule has 0 N–H and O–H groups in total. The first kappa shape index (κ1) is 16.0. The lowest BCUT2D eigenvalue weighted by Crippen LogP contribution is -2.45. The SMILES string of the molecule is COCc1ccc(C(F)(F)F)c2c1[CH]C=C(C)[N+]2(C)OC. The number of benzene rings is 1. The number of fused-ring (bicyclic) bond motifs is 1. The molecule has 1 aliphatic heterocycles. The largest absolute Gasteiger partial charge is 0.422 e. The highest BCUT2D eigenvalue weighted by Gasteiger charge is 2.46. The number of hydroxylamine groups is 2. The molecule has 1 aliphatic rings. The number of alkyl halides is 3. The first-order chi connectivity index (χ1) is 9.75. The number of allylic oxidation sites excluding steroid dienone is 2. The fourth-order valence-corrected chi connectivity index (χ4v) is 2.56. The van der Waals surface area contributed by atoms with Crippen LogP contribution in [0.1, 0.15) is 23.6 Å². The molecule has 1 atom stereocenters. The Morgan fingerprint density at radius 2 is 1.86 bits per heavy atom. The maximum absolute atomic E-state index is 13.4. The van der Waals surface area contributed by atoms with E-state index in [1.165, 1.54) is 20.3 Å². The second-order valence-corrected chi connectivity index (χ2v) is 5.05. The lowest BCUT2D eigenvalue weighted by atomic mass is 9.93. The number of halogens is 3. The van der Waals surface area contributed by atoms with Crippen LogP contribution >= 0.6 is 0 Å². The molecule has 0 bridgehead atoms. The highest BCUT2D eigenvalue weighted by molar-refractivity contribution is 5.67. The van der Waals surface area contributed by atoms with Gasteiger partial charge in [0, 0.05) is 26.0 Å². The number of quaternary nitrogens is 1. The highest BCUT2D eigenvalue weighted by atomic mass is 19.4. The molecule has 1 radical (unpaired) electrons. The van der Waals surface area contributed by atoms with Crippen molar-refractivity contribution in [3.63, 3.8) is 0 Å². The lowest BCUT2D eigenvalue weighted by Gasteiger charge is -2.36. The smallest absolute Gasteiger partial charge is 0.380 e. The normalized spacial score (nSPS) is 22.0. The van der Waals surface area contributed by atoms with Gasteiger partial charge in [0.2, 0.25) is 0 Å². The van der Waals surface area contributed by atoms with Crippen LogP contribution in [0.4, 0.5) is 18.9 Å². The molecule has 0 amide bonds. The van der Waals surface area contributed by atoms with Gasteiger partial charge < -0.3 is 4.74 Å². The van der Waals surface area contributed by atoms with Crippen molar-refractivity contribution < 1.29 is 22.7 Å². The molecule has 0 aliphatic carbocycles. The van der Waals surface area contributed by atoms with Gasteiger partial charge in [-0.1, -0.05) is 6.07 Å². The van der Waals surface area contributed by atoms with E-state index in [1.807, 2.05) is 0 Å². The molecule has 3 nitrogen and oxygen atoms in total. The minimum atomic E-state index is -4.45. The zero-order valence-corrected chi connectivity index (χ0v) is 12.4. The van der Waals surface area contributed by atoms with Crippen molar-refractivity contribution in [3.8, 4) is 0 Å². The molecule has 0 aromatic heterocycles. The summed E-state index contributed by atoms with van der Waals surface area (Å²) in [5, 5.41) is 0. The van der Waals surface area contributed by atoms with Gasteiger partial charge in [-0.05, 0) is 17.7 Å². The monoisotopic (exact) mass is 301 g/mol. The van der Waals surface area contributed by atoms with Crippen molar-refractivity contribution in [2.75, 3.05) is 21.3 Å². The molecule has 2 rings (SSSR count). The van der Waals surface area contributed by atoms with Crippen molar-refractivity contribution >= 4 is 5.69 Å². The van der Waals surface area contributed by atoms with E-state index < -0.39 is 11.7 Å². The van der Waals surface area contributed by atoms with E-state index in [9.17, 15) is 13.2 Å². The summed E-state index contributed by atoms with van der Waals surface area (Å²) in [5.74, 6) is 0. The minimum absolute atomic E-state index is 0.0968. The summed E-state index contributed by atoms with van der Waals surface area (Å²) in [6.07, 6.45) is -0.988. The van der Waals surface area contributed by atoms with Crippen molar-refractivity contribution in [1.29, 1.82) is 0 Å². The van der Waals surface area contributed by atoms with E-state index in [0.717, 1.165) is 6.07 Å². The number of methoxy groups -OCH3 is 1. The van der Waals surface area contributed by atoms with E-state index in [4.69, 9.17) is 9.57 Å². The third-order valence-electron chi connectivity index (χ3n) is 3.87. The van der Waals surface area contributed by atoms with Crippen LogP contribution in [0.25, 0.3) is 0 Å². The summed E-state index contributed by atoms with van der Waals surface area (Å²) in [6, 6.07) is 2.55. The molecule has 0 saturated heterocycles. The number of rotatable bonds is 3. The lowest BCUT2D eigenvalue weighted by molar-refractivity contribution is -0.142. The van der Waals surface area contributed by atoms with Gasteiger partial charge in [0.1, 0.15) is 18.3 Å². The second-order valence-electron chi connectivity index (χ2n) is 5.05.